The van der Waals surface area contributed by atoms with Crippen molar-refractivity contribution in [3.8, 4) is 16.9 Å². The van der Waals surface area contributed by atoms with Crippen LogP contribution in [0.1, 0.15) is 58.4 Å². The first-order valence-electron chi connectivity index (χ1n) is 14.3. The number of hydrogen-bond acceptors (Lipinski definition) is 7. The summed E-state index contributed by atoms with van der Waals surface area (Å²) in [6.07, 6.45) is 10.9. The van der Waals surface area contributed by atoms with E-state index in [4.69, 9.17) is 20.2 Å². The molecule has 1 aromatic carbocycles. The number of hydrogen-bond donors (Lipinski definition) is 1. The van der Waals surface area contributed by atoms with Crippen molar-refractivity contribution in [2.75, 3.05) is 45.6 Å². The van der Waals surface area contributed by atoms with Crippen LogP contribution in [0, 0.1) is 0 Å². The van der Waals surface area contributed by atoms with Crippen molar-refractivity contribution in [3.05, 3.63) is 36.8 Å². The van der Waals surface area contributed by atoms with Crippen LogP contribution in [0.25, 0.3) is 22.2 Å². The van der Waals surface area contributed by atoms with E-state index in [-0.39, 0.29) is 11.7 Å². The average Bonchev–Trinajstić information content (AvgIpc) is 3.49. The molecule has 1 aliphatic carbocycles. The van der Waals surface area contributed by atoms with Gasteiger partial charge in [0.1, 0.15) is 30.1 Å². The smallest absolute Gasteiger partial charge is 0.146 e. The fourth-order valence-corrected chi connectivity index (χ4v) is 6.63. The second-order valence-corrected chi connectivity index (χ2v) is 12.1. The van der Waals surface area contributed by atoms with Crippen molar-refractivity contribution in [1.29, 1.82) is 0 Å². The molecular formula is C30H42N6O2. The highest BCUT2D eigenvalue weighted by atomic mass is 16.6. The van der Waals surface area contributed by atoms with Crippen LogP contribution < -0.4 is 10.5 Å². The van der Waals surface area contributed by atoms with Crippen molar-refractivity contribution in [2.24, 2.45) is 0 Å². The van der Waals surface area contributed by atoms with E-state index in [9.17, 15) is 0 Å². The number of nitrogens with two attached hydrogens (primary N) is 1. The van der Waals surface area contributed by atoms with Crippen molar-refractivity contribution >= 4 is 16.9 Å². The molecule has 0 unspecified atom stereocenters. The Morgan fingerprint density at radius 1 is 1.03 bits per heavy atom. The largest absolute Gasteiger partial charge is 0.491 e. The fraction of sp³-hybridized carbons (Fsp3) is 0.600. The molecule has 2 saturated heterocycles. The molecule has 4 heterocycles. The lowest BCUT2D eigenvalue weighted by atomic mass is 9.89. The summed E-state index contributed by atoms with van der Waals surface area (Å²) in [7, 11) is 2.23. The maximum atomic E-state index is 6.45. The number of likely N-dealkylation sites (N-methyl/N-ethyl adjacent to an activating group) is 1. The Morgan fingerprint density at radius 2 is 1.79 bits per heavy atom. The number of aromatic nitrogens is 3. The number of anilines is 1. The molecule has 6 rings (SSSR count). The van der Waals surface area contributed by atoms with Gasteiger partial charge in [-0.3, -0.25) is 4.90 Å². The SMILES string of the molecule is CN1CCN([C@H]2CC[C@H](n3cc(-c4cccc(OC[C@@H]5CCC(C)(C)O5)c4)c4c(N)ncnc43)CC2)CC1. The van der Waals surface area contributed by atoms with Crippen LogP contribution >= 0.6 is 0 Å². The van der Waals surface area contributed by atoms with Crippen molar-refractivity contribution in [2.45, 2.75) is 76.2 Å². The Bertz CT molecular complexity index is 1260. The predicted molar refractivity (Wildman–Crippen MR) is 151 cm³/mol. The Morgan fingerprint density at radius 3 is 2.53 bits per heavy atom. The summed E-state index contributed by atoms with van der Waals surface area (Å²) < 4.78 is 14.7. The number of rotatable bonds is 6. The minimum atomic E-state index is -0.0567. The molecule has 0 amide bonds. The highest BCUT2D eigenvalue weighted by Crippen LogP contribution is 2.39. The van der Waals surface area contributed by atoms with Gasteiger partial charge < -0.3 is 24.7 Å². The Balaban J connectivity index is 1.21. The van der Waals surface area contributed by atoms with Gasteiger partial charge in [0.25, 0.3) is 0 Å². The first-order valence-corrected chi connectivity index (χ1v) is 14.3. The molecule has 3 aliphatic rings. The predicted octanol–water partition coefficient (Wildman–Crippen LogP) is 4.75. The number of nitrogen functional groups attached to an aromatic ring is 1. The van der Waals surface area contributed by atoms with Crippen LogP contribution in [0.15, 0.2) is 36.8 Å². The summed E-state index contributed by atoms with van der Waals surface area (Å²) in [6.45, 7) is 9.59. The van der Waals surface area contributed by atoms with Gasteiger partial charge in [0.15, 0.2) is 0 Å². The third kappa shape index (κ3) is 5.26. The third-order valence-corrected chi connectivity index (χ3v) is 8.89. The summed E-state index contributed by atoms with van der Waals surface area (Å²) in [5.74, 6) is 1.38. The van der Waals surface area contributed by atoms with Crippen molar-refractivity contribution in [3.63, 3.8) is 0 Å². The van der Waals surface area contributed by atoms with Gasteiger partial charge in [-0.25, -0.2) is 9.97 Å². The van der Waals surface area contributed by atoms with Gasteiger partial charge in [-0.1, -0.05) is 12.1 Å². The van der Waals surface area contributed by atoms with Crippen LogP contribution in [0.3, 0.4) is 0 Å². The monoisotopic (exact) mass is 518 g/mol. The zero-order valence-corrected chi connectivity index (χ0v) is 23.1. The van der Waals surface area contributed by atoms with Gasteiger partial charge in [-0.2, -0.15) is 0 Å². The molecule has 2 N–H and O–H groups in total. The summed E-state index contributed by atoms with van der Waals surface area (Å²) in [6, 6.07) is 9.42. The van der Waals surface area contributed by atoms with E-state index in [1.165, 1.54) is 39.0 Å². The lowest BCUT2D eigenvalue weighted by Gasteiger charge is -2.41. The molecule has 1 saturated carbocycles. The van der Waals surface area contributed by atoms with Gasteiger partial charge in [0.05, 0.1) is 17.1 Å². The van der Waals surface area contributed by atoms with Crippen LogP contribution in [-0.2, 0) is 4.74 Å². The first kappa shape index (κ1) is 25.6. The summed E-state index contributed by atoms with van der Waals surface area (Å²) >= 11 is 0. The first-order chi connectivity index (χ1) is 18.4. The van der Waals surface area contributed by atoms with Crippen LogP contribution in [0.2, 0.25) is 0 Å². The zero-order chi connectivity index (χ0) is 26.3. The minimum absolute atomic E-state index is 0.0567. The molecular weight excluding hydrogens is 476 g/mol. The molecule has 8 heteroatoms. The van der Waals surface area contributed by atoms with E-state index in [1.807, 2.05) is 6.07 Å². The maximum Gasteiger partial charge on any atom is 0.146 e. The standard InChI is InChI=1S/C30H42N6O2/c1-30(2)12-11-25(38-30)19-37-24-6-4-5-21(17-24)26-18-36(29-27(26)28(31)32-20-33-29)23-9-7-22(8-10-23)35-15-13-34(3)14-16-35/h4-6,17-18,20,22-23,25H,7-16,19H2,1-3H3,(H2,31,32,33)/t22-,23-,25-/m0/s1. The molecule has 1 atom stereocenters. The number of ether oxygens (including phenoxy) is 2. The number of nitrogens with zero attached hydrogens (tertiary/aromatic N) is 5. The zero-order valence-electron chi connectivity index (χ0n) is 23.1. The topological polar surface area (TPSA) is 81.7 Å². The summed E-state index contributed by atoms with van der Waals surface area (Å²) in [5.41, 5.74) is 9.47. The molecule has 2 aromatic heterocycles. The normalized spacial score (nSPS) is 26.7. The molecule has 0 radical (unpaired) electrons. The minimum Gasteiger partial charge on any atom is -0.491 e. The van der Waals surface area contributed by atoms with E-state index in [1.54, 1.807) is 6.33 Å². The maximum absolute atomic E-state index is 6.45. The van der Waals surface area contributed by atoms with E-state index < -0.39 is 0 Å². The molecule has 2 aliphatic heterocycles. The van der Waals surface area contributed by atoms with Gasteiger partial charge in [-0.05, 0) is 77.1 Å². The van der Waals surface area contributed by atoms with E-state index in [0.29, 0.717) is 24.5 Å². The number of fused-ring (bicyclic) bond motifs is 1. The second-order valence-electron chi connectivity index (χ2n) is 12.1. The van der Waals surface area contributed by atoms with Gasteiger partial charge >= 0.3 is 0 Å². The lowest BCUT2D eigenvalue weighted by molar-refractivity contribution is -0.0326. The summed E-state index contributed by atoms with van der Waals surface area (Å²) in [4.78, 5) is 14.2. The third-order valence-electron chi connectivity index (χ3n) is 8.89. The second kappa shape index (κ2) is 10.5. The van der Waals surface area contributed by atoms with Gasteiger partial charge in [0.2, 0.25) is 0 Å². The van der Waals surface area contributed by atoms with Crippen LogP contribution in [-0.4, -0.2) is 81.9 Å². The average molecular weight is 519 g/mol. The quantitative estimate of drug-likeness (QED) is 0.504. The highest BCUT2D eigenvalue weighted by Gasteiger charge is 2.32. The summed E-state index contributed by atoms with van der Waals surface area (Å²) in [5, 5.41) is 0.937. The molecule has 8 nitrogen and oxygen atoms in total. The van der Waals surface area contributed by atoms with Gasteiger partial charge in [-0.15, -0.1) is 0 Å². The molecule has 204 valence electrons. The van der Waals surface area contributed by atoms with E-state index in [2.05, 4.69) is 64.6 Å². The Kier molecular flexibility index (Phi) is 7.05. The lowest BCUT2D eigenvalue weighted by Crippen LogP contribution is -2.49. The van der Waals surface area contributed by atoms with E-state index in [0.717, 1.165) is 53.6 Å². The molecule has 0 bridgehead atoms. The number of benzene rings is 1. The Labute approximate surface area is 226 Å². The van der Waals surface area contributed by atoms with E-state index >= 15 is 0 Å². The molecule has 3 fully saturated rings. The molecule has 38 heavy (non-hydrogen) atoms. The van der Waals surface area contributed by atoms with Crippen molar-refractivity contribution in [1.82, 2.24) is 24.3 Å². The van der Waals surface area contributed by atoms with Crippen molar-refractivity contribution < 1.29 is 9.47 Å². The van der Waals surface area contributed by atoms with Crippen LogP contribution in [0.4, 0.5) is 5.82 Å². The fourth-order valence-electron chi connectivity index (χ4n) is 6.63. The van der Waals surface area contributed by atoms with Crippen LogP contribution in [0.5, 0.6) is 5.75 Å². The Hall–Kier alpha value is -2.68. The highest BCUT2D eigenvalue weighted by molar-refractivity contribution is 6.00. The number of piperazine rings is 1. The van der Waals surface area contributed by atoms with Gasteiger partial charge in [0, 0.05) is 50.0 Å². The molecule has 3 aromatic rings. The molecule has 0 spiro atoms.